The average molecular weight is 403 g/mol. The van der Waals surface area contributed by atoms with Crippen LogP contribution in [0.25, 0.3) is 5.65 Å². The Labute approximate surface area is 175 Å². The molecule has 0 spiro atoms. The molecule has 0 amide bonds. The molecular weight excluding hydrogens is 378 g/mol. The van der Waals surface area contributed by atoms with Crippen LogP contribution >= 0.6 is 0 Å². The second-order valence-electron chi connectivity index (χ2n) is 8.23. The number of nitriles is 1. The number of hydrogen-bond donors (Lipinski definition) is 3. The fourth-order valence-electron chi connectivity index (χ4n) is 4.03. The molecule has 8 nitrogen and oxygen atoms in total. The SMILES string of the molecule is N#Cc1cccc(Nc2cc(NCC3CCN(O)CC3)nc3c(C4CC4)cnn23)c1. The minimum atomic E-state index is 0.517. The molecular formula is C22H25N7O. The molecule has 0 radical (unpaired) electrons. The summed E-state index contributed by atoms with van der Waals surface area (Å²) in [5, 5.41) is 31.7. The van der Waals surface area contributed by atoms with E-state index in [-0.39, 0.29) is 0 Å². The van der Waals surface area contributed by atoms with Crippen LogP contribution < -0.4 is 10.6 Å². The van der Waals surface area contributed by atoms with Gasteiger partial charge in [-0.05, 0) is 55.7 Å². The normalized spacial score (nSPS) is 17.7. The van der Waals surface area contributed by atoms with E-state index in [4.69, 9.17) is 4.98 Å². The van der Waals surface area contributed by atoms with Crippen molar-refractivity contribution in [3.8, 4) is 6.07 Å². The summed E-state index contributed by atoms with van der Waals surface area (Å²) < 4.78 is 1.85. The number of hydrogen-bond acceptors (Lipinski definition) is 7. The predicted molar refractivity (Wildman–Crippen MR) is 114 cm³/mol. The van der Waals surface area contributed by atoms with Crippen LogP contribution in [0.1, 0.15) is 42.7 Å². The van der Waals surface area contributed by atoms with Crippen molar-refractivity contribution in [3.63, 3.8) is 0 Å². The van der Waals surface area contributed by atoms with Gasteiger partial charge >= 0.3 is 0 Å². The van der Waals surface area contributed by atoms with E-state index in [2.05, 4.69) is 21.8 Å². The van der Waals surface area contributed by atoms with Crippen LogP contribution in [0.5, 0.6) is 0 Å². The zero-order chi connectivity index (χ0) is 20.5. The Morgan fingerprint density at radius 2 is 2.00 bits per heavy atom. The Morgan fingerprint density at radius 1 is 1.17 bits per heavy atom. The van der Waals surface area contributed by atoms with Crippen molar-refractivity contribution in [3.05, 3.63) is 47.7 Å². The highest BCUT2D eigenvalue weighted by Crippen LogP contribution is 2.42. The Kier molecular flexibility index (Phi) is 4.99. The molecule has 3 heterocycles. The summed E-state index contributed by atoms with van der Waals surface area (Å²) in [4.78, 5) is 4.87. The lowest BCUT2D eigenvalue weighted by Crippen LogP contribution is -2.33. The smallest absolute Gasteiger partial charge is 0.163 e. The van der Waals surface area contributed by atoms with Gasteiger partial charge in [0.05, 0.1) is 17.8 Å². The summed E-state index contributed by atoms with van der Waals surface area (Å²) in [5.74, 6) is 2.70. The maximum absolute atomic E-state index is 9.57. The second kappa shape index (κ2) is 7.94. The molecule has 2 aliphatic rings. The highest BCUT2D eigenvalue weighted by atomic mass is 16.5. The number of aromatic nitrogens is 3. The number of rotatable bonds is 6. The van der Waals surface area contributed by atoms with Crippen LogP contribution in [0, 0.1) is 17.2 Å². The van der Waals surface area contributed by atoms with Gasteiger partial charge in [0, 0.05) is 37.0 Å². The Hall–Kier alpha value is -3.15. The molecule has 1 aromatic carbocycles. The highest BCUT2D eigenvalue weighted by Gasteiger charge is 2.28. The Morgan fingerprint density at radius 3 is 2.77 bits per heavy atom. The number of fused-ring (bicyclic) bond motifs is 1. The van der Waals surface area contributed by atoms with E-state index in [0.29, 0.717) is 17.4 Å². The quantitative estimate of drug-likeness (QED) is 0.576. The van der Waals surface area contributed by atoms with E-state index in [9.17, 15) is 10.5 Å². The minimum absolute atomic E-state index is 0.517. The molecule has 5 rings (SSSR count). The van der Waals surface area contributed by atoms with Gasteiger partial charge in [0.2, 0.25) is 0 Å². The zero-order valence-electron chi connectivity index (χ0n) is 16.8. The molecule has 30 heavy (non-hydrogen) atoms. The van der Waals surface area contributed by atoms with Crippen molar-refractivity contribution < 1.29 is 5.21 Å². The maximum Gasteiger partial charge on any atom is 0.163 e. The number of nitrogens with one attached hydrogen (secondary N) is 2. The lowest BCUT2D eigenvalue weighted by Gasteiger charge is -2.27. The first-order chi connectivity index (χ1) is 14.7. The van der Waals surface area contributed by atoms with Crippen molar-refractivity contribution in [1.29, 1.82) is 5.26 Å². The van der Waals surface area contributed by atoms with Crippen LogP contribution in [0.2, 0.25) is 0 Å². The first-order valence-electron chi connectivity index (χ1n) is 10.5. The van der Waals surface area contributed by atoms with E-state index < -0.39 is 0 Å². The van der Waals surface area contributed by atoms with Crippen LogP contribution in [0.3, 0.4) is 0 Å². The van der Waals surface area contributed by atoms with Crippen molar-refractivity contribution in [2.75, 3.05) is 30.3 Å². The molecule has 2 fully saturated rings. The van der Waals surface area contributed by atoms with Gasteiger partial charge in [-0.3, -0.25) is 0 Å². The molecule has 154 valence electrons. The summed E-state index contributed by atoms with van der Waals surface area (Å²) >= 11 is 0. The molecule has 0 atom stereocenters. The monoisotopic (exact) mass is 403 g/mol. The molecule has 0 bridgehead atoms. The number of benzene rings is 1. The van der Waals surface area contributed by atoms with Crippen LogP contribution in [0.4, 0.5) is 17.3 Å². The van der Waals surface area contributed by atoms with E-state index >= 15 is 0 Å². The van der Waals surface area contributed by atoms with E-state index in [1.54, 1.807) is 6.07 Å². The minimum Gasteiger partial charge on any atom is -0.370 e. The third kappa shape index (κ3) is 3.95. The third-order valence-corrected chi connectivity index (χ3v) is 5.94. The van der Waals surface area contributed by atoms with Gasteiger partial charge in [0.1, 0.15) is 11.6 Å². The fourth-order valence-corrected chi connectivity index (χ4v) is 4.03. The summed E-state index contributed by atoms with van der Waals surface area (Å²) in [6, 6.07) is 11.6. The second-order valence-corrected chi connectivity index (χ2v) is 8.23. The van der Waals surface area contributed by atoms with E-state index in [0.717, 1.165) is 55.4 Å². The van der Waals surface area contributed by atoms with Gasteiger partial charge < -0.3 is 15.8 Å². The molecule has 1 saturated heterocycles. The van der Waals surface area contributed by atoms with Crippen molar-refractivity contribution in [2.24, 2.45) is 5.92 Å². The number of anilines is 3. The number of nitrogens with zero attached hydrogens (tertiary/aromatic N) is 5. The van der Waals surface area contributed by atoms with Gasteiger partial charge in [-0.25, -0.2) is 4.98 Å². The predicted octanol–water partition coefficient (Wildman–Crippen LogP) is 3.74. The van der Waals surface area contributed by atoms with Gasteiger partial charge in [0.15, 0.2) is 5.65 Å². The molecule has 3 N–H and O–H groups in total. The van der Waals surface area contributed by atoms with Crippen molar-refractivity contribution >= 4 is 23.0 Å². The Bertz CT molecular complexity index is 1090. The van der Waals surface area contributed by atoms with Gasteiger partial charge in [-0.15, -0.1) is 0 Å². The molecule has 1 aliphatic carbocycles. The Balaban J connectivity index is 1.43. The van der Waals surface area contributed by atoms with Crippen LogP contribution in [-0.4, -0.2) is 44.5 Å². The fraction of sp³-hybridized carbons (Fsp3) is 0.409. The lowest BCUT2D eigenvalue weighted by molar-refractivity contribution is -0.111. The molecule has 1 aliphatic heterocycles. The largest absolute Gasteiger partial charge is 0.370 e. The van der Waals surface area contributed by atoms with Crippen LogP contribution in [0.15, 0.2) is 36.5 Å². The average Bonchev–Trinajstić information content (AvgIpc) is 3.52. The van der Waals surface area contributed by atoms with Crippen LogP contribution in [-0.2, 0) is 0 Å². The summed E-state index contributed by atoms with van der Waals surface area (Å²) in [6.45, 7) is 2.26. The van der Waals surface area contributed by atoms with E-state index in [1.807, 2.05) is 35.0 Å². The topological polar surface area (TPSA) is 102 Å². The molecule has 2 aromatic heterocycles. The van der Waals surface area contributed by atoms with Gasteiger partial charge in [-0.2, -0.15) is 19.9 Å². The third-order valence-electron chi connectivity index (χ3n) is 5.94. The molecule has 3 aromatic rings. The maximum atomic E-state index is 9.57. The lowest BCUT2D eigenvalue weighted by atomic mass is 9.98. The van der Waals surface area contributed by atoms with Crippen molar-refractivity contribution in [1.82, 2.24) is 19.7 Å². The highest BCUT2D eigenvalue weighted by molar-refractivity contribution is 5.67. The van der Waals surface area contributed by atoms with Gasteiger partial charge in [-0.1, -0.05) is 6.07 Å². The number of piperidine rings is 1. The summed E-state index contributed by atoms with van der Waals surface area (Å²) in [7, 11) is 0. The summed E-state index contributed by atoms with van der Waals surface area (Å²) in [5.41, 5.74) is 3.52. The zero-order valence-corrected chi connectivity index (χ0v) is 16.8. The first-order valence-corrected chi connectivity index (χ1v) is 10.5. The van der Waals surface area contributed by atoms with E-state index in [1.165, 1.54) is 23.5 Å². The standard InChI is InChI=1S/C22H25N7O/c23-12-16-2-1-3-18(10-16)26-21-11-20(24-13-15-6-8-28(30)9-7-15)27-22-19(17-4-5-17)14-25-29(21)22/h1-3,10-11,14-15,17,26,30H,4-9,13H2,(H,24,27). The van der Waals surface area contributed by atoms with Crippen molar-refractivity contribution in [2.45, 2.75) is 31.6 Å². The first kappa shape index (κ1) is 18.9. The van der Waals surface area contributed by atoms with Gasteiger partial charge in [0.25, 0.3) is 0 Å². The molecule has 8 heteroatoms. The summed E-state index contributed by atoms with van der Waals surface area (Å²) in [6.07, 6.45) is 6.24. The molecule has 1 saturated carbocycles. The number of hydroxylamine groups is 2. The molecule has 0 unspecified atom stereocenters.